The first kappa shape index (κ1) is 10.9. The van der Waals surface area contributed by atoms with Gasteiger partial charge < -0.3 is 9.90 Å². The number of carbonyl (C=O) groups is 1. The van der Waals surface area contributed by atoms with Gasteiger partial charge in [0.1, 0.15) is 0 Å². The average molecular weight is 215 g/mol. The molecule has 0 saturated carbocycles. The van der Waals surface area contributed by atoms with Gasteiger partial charge in [0.2, 0.25) is 0 Å². The highest BCUT2D eigenvalue weighted by molar-refractivity contribution is 5.70. The smallest absolute Gasteiger partial charge is 0.0454 e. The van der Waals surface area contributed by atoms with Crippen molar-refractivity contribution in [3.05, 3.63) is 47.5 Å². The lowest BCUT2D eigenvalue weighted by Gasteiger charge is -2.31. The Morgan fingerprint density at radius 3 is 2.62 bits per heavy atom. The molecule has 1 aromatic carbocycles. The van der Waals surface area contributed by atoms with Crippen molar-refractivity contribution in [3.8, 4) is 0 Å². The molecule has 1 aliphatic rings. The van der Waals surface area contributed by atoms with E-state index in [2.05, 4.69) is 6.92 Å². The molecular formula is C14H15O2-. The molecule has 0 unspecified atom stereocenters. The van der Waals surface area contributed by atoms with E-state index in [0.29, 0.717) is 6.42 Å². The van der Waals surface area contributed by atoms with E-state index in [1.54, 1.807) is 0 Å². The third-order valence-electron chi connectivity index (χ3n) is 3.28. The minimum atomic E-state index is -0.933. The molecule has 0 amide bonds. The van der Waals surface area contributed by atoms with Gasteiger partial charge in [-0.2, -0.15) is 0 Å². The highest BCUT2D eigenvalue weighted by Gasteiger charge is 2.26. The van der Waals surface area contributed by atoms with Gasteiger partial charge in [0.15, 0.2) is 0 Å². The lowest BCUT2D eigenvalue weighted by molar-refractivity contribution is -0.312. The lowest BCUT2D eigenvalue weighted by atomic mass is 9.76. The molecule has 0 heterocycles. The van der Waals surface area contributed by atoms with Crippen molar-refractivity contribution in [2.24, 2.45) is 5.92 Å². The molecule has 84 valence electrons. The molecule has 2 atom stereocenters. The molecule has 0 N–H and O–H groups in total. The number of carboxylic acids is 1. The van der Waals surface area contributed by atoms with Crippen LogP contribution in [-0.2, 0) is 4.79 Å². The largest absolute Gasteiger partial charge is 0.550 e. The van der Waals surface area contributed by atoms with E-state index in [9.17, 15) is 9.90 Å². The summed E-state index contributed by atoms with van der Waals surface area (Å²) >= 11 is 0. The standard InChI is InChI=1S/C14H16O2/c1-10-7-8-12(14(15)16)13(9-10)11-5-3-2-4-6-11/h2-7,12-13H,8-9H2,1H3,(H,15,16)/p-1/t12-,13-/m1/s1. The zero-order chi connectivity index (χ0) is 11.5. The Balaban J connectivity index is 2.30. The number of benzene rings is 1. The van der Waals surface area contributed by atoms with Crippen molar-refractivity contribution in [2.75, 3.05) is 0 Å². The van der Waals surface area contributed by atoms with Crippen LogP contribution < -0.4 is 5.11 Å². The molecule has 0 radical (unpaired) electrons. The molecular weight excluding hydrogens is 200 g/mol. The maximum absolute atomic E-state index is 11.1. The van der Waals surface area contributed by atoms with E-state index in [1.807, 2.05) is 36.4 Å². The third-order valence-corrected chi connectivity index (χ3v) is 3.28. The molecule has 16 heavy (non-hydrogen) atoms. The van der Waals surface area contributed by atoms with Gasteiger partial charge in [-0.15, -0.1) is 0 Å². The van der Waals surface area contributed by atoms with Crippen LogP contribution in [0.4, 0.5) is 0 Å². The number of carboxylic acid groups (broad SMARTS) is 1. The van der Waals surface area contributed by atoms with Gasteiger partial charge in [-0.1, -0.05) is 42.0 Å². The normalized spacial score (nSPS) is 24.9. The zero-order valence-corrected chi connectivity index (χ0v) is 9.35. The molecule has 0 spiro atoms. The van der Waals surface area contributed by atoms with Crippen molar-refractivity contribution in [1.29, 1.82) is 0 Å². The first-order chi connectivity index (χ1) is 7.68. The van der Waals surface area contributed by atoms with Crippen LogP contribution in [0.15, 0.2) is 42.0 Å². The second-order valence-corrected chi connectivity index (χ2v) is 4.43. The molecule has 2 rings (SSSR count). The summed E-state index contributed by atoms with van der Waals surface area (Å²) < 4.78 is 0. The van der Waals surface area contributed by atoms with Crippen LogP contribution in [0.25, 0.3) is 0 Å². The lowest BCUT2D eigenvalue weighted by Crippen LogP contribution is -2.36. The summed E-state index contributed by atoms with van der Waals surface area (Å²) in [5, 5.41) is 11.1. The molecule has 0 bridgehead atoms. The topological polar surface area (TPSA) is 40.1 Å². The van der Waals surface area contributed by atoms with Gasteiger partial charge in [0.05, 0.1) is 0 Å². The van der Waals surface area contributed by atoms with Crippen molar-refractivity contribution in [1.82, 2.24) is 0 Å². The van der Waals surface area contributed by atoms with Gasteiger partial charge in [-0.25, -0.2) is 0 Å². The van der Waals surface area contributed by atoms with Crippen molar-refractivity contribution in [3.63, 3.8) is 0 Å². The van der Waals surface area contributed by atoms with Crippen LogP contribution in [0.2, 0.25) is 0 Å². The first-order valence-electron chi connectivity index (χ1n) is 5.60. The highest BCUT2D eigenvalue weighted by atomic mass is 16.4. The van der Waals surface area contributed by atoms with E-state index in [0.717, 1.165) is 12.0 Å². The number of aliphatic carboxylic acids is 1. The van der Waals surface area contributed by atoms with E-state index < -0.39 is 5.97 Å². The van der Waals surface area contributed by atoms with E-state index in [1.165, 1.54) is 5.57 Å². The highest BCUT2D eigenvalue weighted by Crippen LogP contribution is 2.36. The summed E-state index contributed by atoms with van der Waals surface area (Å²) in [6, 6.07) is 9.85. The van der Waals surface area contributed by atoms with Gasteiger partial charge in [-0.05, 0) is 31.2 Å². The number of allylic oxidation sites excluding steroid dienone is 2. The van der Waals surface area contributed by atoms with Crippen LogP contribution in [-0.4, -0.2) is 5.97 Å². The second-order valence-electron chi connectivity index (χ2n) is 4.43. The van der Waals surface area contributed by atoms with Gasteiger partial charge in [0, 0.05) is 11.9 Å². The summed E-state index contributed by atoms with van der Waals surface area (Å²) in [4.78, 5) is 11.1. The van der Waals surface area contributed by atoms with Crippen LogP contribution in [0.3, 0.4) is 0 Å². The summed E-state index contributed by atoms with van der Waals surface area (Å²) in [5.41, 5.74) is 2.37. The van der Waals surface area contributed by atoms with Gasteiger partial charge in [-0.3, -0.25) is 0 Å². The molecule has 0 fully saturated rings. The number of carbonyl (C=O) groups excluding carboxylic acids is 1. The molecule has 2 nitrogen and oxygen atoms in total. The quantitative estimate of drug-likeness (QED) is 0.707. The van der Waals surface area contributed by atoms with Crippen LogP contribution in [0.1, 0.15) is 31.2 Å². The molecule has 0 aromatic heterocycles. The molecule has 1 aliphatic carbocycles. The van der Waals surface area contributed by atoms with Gasteiger partial charge in [0.25, 0.3) is 0 Å². The van der Waals surface area contributed by atoms with Crippen LogP contribution in [0, 0.1) is 5.92 Å². The van der Waals surface area contributed by atoms with Crippen molar-refractivity contribution in [2.45, 2.75) is 25.7 Å². The Kier molecular flexibility index (Phi) is 3.09. The molecule has 2 heteroatoms. The first-order valence-corrected chi connectivity index (χ1v) is 5.60. The Labute approximate surface area is 95.6 Å². The van der Waals surface area contributed by atoms with Crippen molar-refractivity contribution >= 4 is 5.97 Å². The predicted octanol–water partition coefficient (Wildman–Crippen LogP) is 1.88. The molecule has 1 aromatic rings. The SMILES string of the molecule is CC1=CC[C@@H](C(=O)[O-])[C@@H](c2ccccc2)C1. The average Bonchev–Trinajstić information content (AvgIpc) is 2.29. The fourth-order valence-corrected chi connectivity index (χ4v) is 2.38. The number of hydrogen-bond donors (Lipinski definition) is 0. The maximum Gasteiger partial charge on any atom is 0.0454 e. The minimum absolute atomic E-state index is 0.0659. The van der Waals surface area contributed by atoms with Gasteiger partial charge >= 0.3 is 0 Å². The van der Waals surface area contributed by atoms with E-state index >= 15 is 0 Å². The Morgan fingerprint density at radius 1 is 1.31 bits per heavy atom. The second kappa shape index (κ2) is 4.52. The fourth-order valence-electron chi connectivity index (χ4n) is 2.38. The number of hydrogen-bond acceptors (Lipinski definition) is 2. The number of rotatable bonds is 2. The Morgan fingerprint density at radius 2 is 2.00 bits per heavy atom. The molecule has 0 aliphatic heterocycles. The Hall–Kier alpha value is -1.57. The zero-order valence-electron chi connectivity index (χ0n) is 9.35. The summed E-state index contributed by atoms with van der Waals surface area (Å²) in [6.07, 6.45) is 3.43. The minimum Gasteiger partial charge on any atom is -0.550 e. The maximum atomic E-state index is 11.1. The Bertz CT molecular complexity index is 406. The summed E-state index contributed by atoms with van der Waals surface area (Å²) in [5.74, 6) is -1.25. The molecule has 0 saturated heterocycles. The van der Waals surface area contributed by atoms with Crippen molar-refractivity contribution < 1.29 is 9.90 Å². The van der Waals surface area contributed by atoms with Crippen LogP contribution in [0.5, 0.6) is 0 Å². The van der Waals surface area contributed by atoms with E-state index in [-0.39, 0.29) is 11.8 Å². The monoisotopic (exact) mass is 215 g/mol. The summed E-state index contributed by atoms with van der Waals surface area (Å²) in [7, 11) is 0. The third kappa shape index (κ3) is 2.16. The fraction of sp³-hybridized carbons (Fsp3) is 0.357. The van der Waals surface area contributed by atoms with Crippen LogP contribution >= 0.6 is 0 Å². The summed E-state index contributed by atoms with van der Waals surface area (Å²) in [6.45, 7) is 2.06. The predicted molar refractivity (Wildman–Crippen MR) is 60.7 cm³/mol. The van der Waals surface area contributed by atoms with E-state index in [4.69, 9.17) is 0 Å².